The number of para-hydroxylation sites is 1. The summed E-state index contributed by atoms with van der Waals surface area (Å²) in [5.41, 5.74) is 1.03. The number of unbranched alkanes of at least 4 members (excludes halogenated alkanes) is 1. The zero-order valence-corrected chi connectivity index (χ0v) is 11.7. The highest BCUT2D eigenvalue weighted by Crippen LogP contribution is 2.25. The van der Waals surface area contributed by atoms with Crippen LogP contribution in [0.4, 0.5) is 0 Å². The first-order valence-corrected chi connectivity index (χ1v) is 7.47. The molecule has 2 N–H and O–H groups in total. The molecule has 0 unspecified atom stereocenters. The Hall–Kier alpha value is -0.230. The fraction of sp³-hybridized carbons (Fsp3) is 0.364. The van der Waals surface area contributed by atoms with E-state index in [-0.39, 0.29) is 0 Å². The third-order valence-corrected chi connectivity index (χ3v) is 3.87. The maximum Gasteiger partial charge on any atom is 0.165 e. The predicted molar refractivity (Wildman–Crippen MR) is 78.4 cm³/mol. The summed E-state index contributed by atoms with van der Waals surface area (Å²) >= 11 is 6.83. The lowest BCUT2D eigenvalue weighted by molar-refractivity contribution is 0.899. The molecule has 0 radical (unpaired) electrons. The Morgan fingerprint density at radius 3 is 2.69 bits per heavy atom. The summed E-state index contributed by atoms with van der Waals surface area (Å²) in [6, 6.07) is 8.02. The predicted octanol–water partition coefficient (Wildman–Crippen LogP) is 3.98. The summed E-state index contributed by atoms with van der Waals surface area (Å²) < 4.78 is 2.12. The van der Waals surface area contributed by atoms with Gasteiger partial charge >= 0.3 is 0 Å². The molecule has 0 aliphatic carbocycles. The van der Waals surface area contributed by atoms with E-state index in [4.69, 9.17) is 5.14 Å². The number of thiol groups is 1. The summed E-state index contributed by atoms with van der Waals surface area (Å²) in [6.45, 7) is 2.16. The van der Waals surface area contributed by atoms with Crippen LogP contribution in [-0.4, -0.2) is 10.7 Å². The molecule has 0 aliphatic heterocycles. The van der Waals surface area contributed by atoms with E-state index in [0.717, 1.165) is 15.6 Å². The van der Waals surface area contributed by atoms with Crippen molar-refractivity contribution >= 4 is 46.1 Å². The number of nitrogens with two attached hydrogens (primary N) is 1. The first kappa shape index (κ1) is 13.8. The van der Waals surface area contributed by atoms with E-state index in [1.54, 1.807) is 11.3 Å². The van der Waals surface area contributed by atoms with Crippen LogP contribution in [-0.2, 0) is 0 Å². The van der Waals surface area contributed by atoms with E-state index in [2.05, 4.69) is 24.5 Å². The number of aromatic nitrogens is 1. The van der Waals surface area contributed by atoms with Gasteiger partial charge in [0.2, 0.25) is 0 Å². The van der Waals surface area contributed by atoms with Crippen molar-refractivity contribution in [3.8, 4) is 0 Å². The Labute approximate surface area is 110 Å². The highest BCUT2D eigenvalue weighted by atomic mass is 32.2. The van der Waals surface area contributed by atoms with Crippen molar-refractivity contribution in [3.05, 3.63) is 24.3 Å². The molecule has 0 bridgehead atoms. The average Bonchev–Trinajstić information content (AvgIpc) is 2.73. The zero-order valence-electron chi connectivity index (χ0n) is 9.22. The molecule has 0 spiro atoms. The lowest BCUT2D eigenvalue weighted by Crippen LogP contribution is -1.75. The maximum atomic E-state index is 5.38. The van der Waals surface area contributed by atoms with Gasteiger partial charge in [-0.1, -0.05) is 25.5 Å². The Morgan fingerprint density at radius 2 is 2.19 bits per heavy atom. The molecular formula is C11H16N2S3. The third-order valence-electron chi connectivity index (χ3n) is 1.89. The van der Waals surface area contributed by atoms with Gasteiger partial charge in [-0.05, 0) is 36.3 Å². The number of hydrogen-bond acceptors (Lipinski definition) is 5. The van der Waals surface area contributed by atoms with Crippen molar-refractivity contribution in [1.82, 2.24) is 4.98 Å². The Kier molecular flexibility index (Phi) is 6.87. The van der Waals surface area contributed by atoms with Gasteiger partial charge in [-0.15, -0.1) is 11.3 Å². The van der Waals surface area contributed by atoms with E-state index in [9.17, 15) is 0 Å². The number of hydrogen-bond donors (Lipinski definition) is 2. The fourth-order valence-corrected chi connectivity index (χ4v) is 2.69. The Balaban J connectivity index is 0.000000221. The van der Waals surface area contributed by atoms with Gasteiger partial charge in [-0.2, -0.15) is 12.6 Å². The fourth-order valence-electron chi connectivity index (χ4n) is 1.06. The van der Waals surface area contributed by atoms with Gasteiger partial charge < -0.3 is 0 Å². The molecule has 2 rings (SSSR count). The van der Waals surface area contributed by atoms with E-state index in [1.165, 1.54) is 29.5 Å². The molecule has 0 aliphatic rings. The molecular weight excluding hydrogens is 256 g/mol. The SMILES string of the molecule is CCCCS.NSc1nc2ccccc2s1. The minimum absolute atomic E-state index is 0.922. The first-order chi connectivity index (χ1) is 7.81. The van der Waals surface area contributed by atoms with Crippen LogP contribution in [0.1, 0.15) is 19.8 Å². The van der Waals surface area contributed by atoms with Crippen LogP contribution in [0.5, 0.6) is 0 Å². The summed E-state index contributed by atoms with van der Waals surface area (Å²) in [6.07, 6.45) is 2.52. The largest absolute Gasteiger partial charge is 0.272 e. The van der Waals surface area contributed by atoms with Crippen LogP contribution >= 0.6 is 35.9 Å². The van der Waals surface area contributed by atoms with E-state index < -0.39 is 0 Å². The minimum Gasteiger partial charge on any atom is -0.272 e. The molecule has 0 saturated heterocycles. The normalized spacial score (nSPS) is 9.94. The van der Waals surface area contributed by atoms with Crippen molar-refractivity contribution in [2.24, 2.45) is 5.14 Å². The van der Waals surface area contributed by atoms with Crippen molar-refractivity contribution < 1.29 is 0 Å². The highest BCUT2D eigenvalue weighted by Gasteiger charge is 1.99. The van der Waals surface area contributed by atoms with Gasteiger partial charge in [0.05, 0.1) is 10.2 Å². The molecule has 0 amide bonds. The molecule has 0 saturated carbocycles. The van der Waals surface area contributed by atoms with Crippen LogP contribution in [0.3, 0.4) is 0 Å². The summed E-state index contributed by atoms with van der Waals surface area (Å²) in [5.74, 6) is 1.04. The number of nitrogens with zero attached hydrogens (tertiary/aromatic N) is 1. The van der Waals surface area contributed by atoms with E-state index in [0.29, 0.717) is 0 Å². The second-order valence-electron chi connectivity index (χ2n) is 3.14. The van der Waals surface area contributed by atoms with Gasteiger partial charge in [0.15, 0.2) is 4.34 Å². The van der Waals surface area contributed by atoms with Crippen LogP contribution in [0.2, 0.25) is 0 Å². The molecule has 2 nitrogen and oxygen atoms in total. The van der Waals surface area contributed by atoms with Gasteiger partial charge in [-0.3, -0.25) is 5.14 Å². The van der Waals surface area contributed by atoms with Gasteiger partial charge in [0.1, 0.15) is 0 Å². The summed E-state index contributed by atoms with van der Waals surface area (Å²) in [7, 11) is 0. The highest BCUT2D eigenvalue weighted by molar-refractivity contribution is 7.99. The molecule has 1 aromatic heterocycles. The molecule has 1 heterocycles. The number of fused-ring (bicyclic) bond motifs is 1. The second kappa shape index (κ2) is 7.95. The molecule has 1 aromatic carbocycles. The van der Waals surface area contributed by atoms with Crippen LogP contribution in [0.15, 0.2) is 28.6 Å². The van der Waals surface area contributed by atoms with Crippen LogP contribution in [0.25, 0.3) is 10.2 Å². The second-order valence-corrected chi connectivity index (χ2v) is 5.50. The average molecular weight is 272 g/mol. The van der Waals surface area contributed by atoms with Crippen molar-refractivity contribution in [3.63, 3.8) is 0 Å². The molecule has 5 heteroatoms. The first-order valence-electron chi connectivity index (χ1n) is 5.15. The number of benzene rings is 1. The van der Waals surface area contributed by atoms with Crippen molar-refractivity contribution in [2.75, 3.05) is 5.75 Å². The van der Waals surface area contributed by atoms with E-state index >= 15 is 0 Å². The Bertz CT molecular complexity index is 379. The third kappa shape index (κ3) is 4.33. The zero-order chi connectivity index (χ0) is 11.8. The minimum atomic E-state index is 0.922. The summed E-state index contributed by atoms with van der Waals surface area (Å²) in [5, 5.41) is 5.38. The summed E-state index contributed by atoms with van der Waals surface area (Å²) in [4.78, 5) is 4.29. The van der Waals surface area contributed by atoms with Gasteiger partial charge in [0, 0.05) is 0 Å². The molecule has 16 heavy (non-hydrogen) atoms. The number of thiazole rings is 1. The molecule has 0 fully saturated rings. The molecule has 2 aromatic rings. The topological polar surface area (TPSA) is 38.9 Å². The molecule has 0 atom stereocenters. The van der Waals surface area contributed by atoms with Gasteiger partial charge in [0.25, 0.3) is 0 Å². The standard InChI is InChI=1S/C7H6N2S2.C4H10S/c8-11-7-9-5-3-1-2-4-6(5)10-7;1-2-3-4-5/h1-4H,8H2;5H,2-4H2,1H3. The maximum absolute atomic E-state index is 5.38. The van der Waals surface area contributed by atoms with Crippen LogP contribution < -0.4 is 5.14 Å². The number of rotatable bonds is 3. The van der Waals surface area contributed by atoms with Crippen LogP contribution in [0, 0.1) is 0 Å². The quantitative estimate of drug-likeness (QED) is 0.656. The van der Waals surface area contributed by atoms with Gasteiger partial charge in [-0.25, -0.2) is 4.98 Å². The Morgan fingerprint density at radius 1 is 1.44 bits per heavy atom. The molecule has 88 valence electrons. The lowest BCUT2D eigenvalue weighted by atomic mass is 10.3. The monoisotopic (exact) mass is 272 g/mol. The van der Waals surface area contributed by atoms with Crippen molar-refractivity contribution in [1.29, 1.82) is 0 Å². The van der Waals surface area contributed by atoms with E-state index in [1.807, 2.05) is 24.3 Å². The van der Waals surface area contributed by atoms with Crippen molar-refractivity contribution in [2.45, 2.75) is 24.1 Å². The lowest BCUT2D eigenvalue weighted by Gasteiger charge is -1.80. The smallest absolute Gasteiger partial charge is 0.165 e.